The van der Waals surface area contributed by atoms with Crippen molar-refractivity contribution in [1.29, 1.82) is 0 Å². The number of rotatable bonds is 8. The minimum Gasteiger partial charge on any atom is -0.294 e. The average molecular weight is 473 g/mol. The van der Waals surface area contributed by atoms with Crippen molar-refractivity contribution in [3.8, 4) is 11.1 Å². The normalized spacial score (nSPS) is 16.5. The molecule has 0 aliphatic heterocycles. The van der Waals surface area contributed by atoms with Crippen LogP contribution in [-0.2, 0) is 24.1 Å². The SMILES string of the molecule is CC.CC.CCc1cccc(-c2cc(CC(C)(C(=O)C3=CCC=CC3)C3CCC3)ccc2CC)c1. The van der Waals surface area contributed by atoms with Crippen molar-refractivity contribution in [2.75, 3.05) is 0 Å². The number of allylic oxidation sites excluding steroid dienone is 4. The van der Waals surface area contributed by atoms with E-state index in [0.717, 1.165) is 37.7 Å². The topological polar surface area (TPSA) is 17.1 Å². The highest BCUT2D eigenvalue weighted by atomic mass is 16.1. The van der Waals surface area contributed by atoms with Gasteiger partial charge >= 0.3 is 0 Å². The molecule has 0 aromatic heterocycles. The molecule has 0 spiro atoms. The Morgan fingerprint density at radius 1 is 0.914 bits per heavy atom. The van der Waals surface area contributed by atoms with E-state index >= 15 is 0 Å². The van der Waals surface area contributed by atoms with Crippen LogP contribution in [0.2, 0.25) is 0 Å². The van der Waals surface area contributed by atoms with Crippen LogP contribution in [0.25, 0.3) is 11.1 Å². The molecule has 0 N–H and O–H groups in total. The van der Waals surface area contributed by atoms with Crippen LogP contribution >= 0.6 is 0 Å². The molecule has 1 unspecified atom stereocenters. The second-order valence-electron chi connectivity index (χ2n) is 9.59. The molecule has 0 heterocycles. The lowest BCUT2D eigenvalue weighted by molar-refractivity contribution is -0.129. The molecule has 1 atom stereocenters. The Hall–Kier alpha value is -2.41. The Bertz CT molecular complexity index is 1000. The summed E-state index contributed by atoms with van der Waals surface area (Å²) in [5.41, 5.74) is 7.41. The van der Waals surface area contributed by atoms with Gasteiger partial charge in [0, 0.05) is 5.41 Å². The summed E-state index contributed by atoms with van der Waals surface area (Å²) >= 11 is 0. The highest BCUT2D eigenvalue weighted by Gasteiger charge is 2.44. The zero-order chi connectivity index (χ0) is 25.8. The summed E-state index contributed by atoms with van der Waals surface area (Å²) in [7, 11) is 0. The molecule has 1 fully saturated rings. The number of aryl methyl sites for hydroxylation is 2. The van der Waals surface area contributed by atoms with Crippen LogP contribution in [0.5, 0.6) is 0 Å². The molecular weight excluding hydrogens is 424 g/mol. The van der Waals surface area contributed by atoms with Crippen molar-refractivity contribution in [2.45, 2.75) is 99.8 Å². The minimum atomic E-state index is -0.300. The smallest absolute Gasteiger partial charge is 0.165 e. The van der Waals surface area contributed by atoms with Gasteiger partial charge in [-0.3, -0.25) is 4.79 Å². The van der Waals surface area contributed by atoms with E-state index in [1.54, 1.807) is 0 Å². The van der Waals surface area contributed by atoms with Gasteiger partial charge in [0.05, 0.1) is 0 Å². The van der Waals surface area contributed by atoms with Gasteiger partial charge in [-0.25, -0.2) is 0 Å². The first-order chi connectivity index (χ1) is 17.0. The molecule has 0 saturated heterocycles. The van der Waals surface area contributed by atoms with Crippen LogP contribution < -0.4 is 0 Å². The number of hydrogen-bond donors (Lipinski definition) is 0. The van der Waals surface area contributed by atoms with Crippen molar-refractivity contribution in [1.82, 2.24) is 0 Å². The standard InChI is InChI=1S/C30H36O.2C2H6/c1-4-22-11-9-14-26(19-22)28-20-23(17-18-24(28)5-2)21-30(3,27-15-10-16-27)29(31)25-12-7-6-8-13-25;2*1-2/h6-7,9,11,13-14,17-20,27H,4-5,8,10,12,15-16,21H2,1-3H3;2*1-2H3. The molecule has 0 bridgehead atoms. The number of ketones is 1. The Balaban J connectivity index is 0.00000103. The van der Waals surface area contributed by atoms with Gasteiger partial charge in [-0.1, -0.05) is 116 Å². The molecule has 2 aromatic carbocycles. The Morgan fingerprint density at radius 2 is 1.66 bits per heavy atom. The molecular formula is C34H48O. The van der Waals surface area contributed by atoms with E-state index in [0.29, 0.717) is 11.7 Å². The number of carbonyl (C=O) groups is 1. The predicted molar refractivity (Wildman–Crippen MR) is 154 cm³/mol. The van der Waals surface area contributed by atoms with E-state index in [1.165, 1.54) is 47.1 Å². The van der Waals surface area contributed by atoms with E-state index in [1.807, 2.05) is 27.7 Å². The van der Waals surface area contributed by atoms with Gasteiger partial charge in [-0.2, -0.15) is 0 Å². The van der Waals surface area contributed by atoms with Gasteiger partial charge in [-0.15, -0.1) is 0 Å². The van der Waals surface area contributed by atoms with Crippen molar-refractivity contribution >= 4 is 5.78 Å². The van der Waals surface area contributed by atoms with Gasteiger partial charge in [0.15, 0.2) is 5.78 Å². The summed E-state index contributed by atoms with van der Waals surface area (Å²) in [5.74, 6) is 0.889. The third kappa shape index (κ3) is 6.84. The molecule has 2 aliphatic rings. The zero-order valence-electron chi connectivity index (χ0n) is 23.4. The highest BCUT2D eigenvalue weighted by molar-refractivity contribution is 6.00. The summed E-state index contributed by atoms with van der Waals surface area (Å²) < 4.78 is 0. The lowest BCUT2D eigenvalue weighted by atomic mass is 9.60. The Morgan fingerprint density at radius 3 is 2.23 bits per heavy atom. The number of benzene rings is 2. The number of carbonyl (C=O) groups excluding carboxylic acids is 1. The van der Waals surface area contributed by atoms with Crippen molar-refractivity contribution < 1.29 is 4.79 Å². The molecule has 0 radical (unpaired) electrons. The van der Waals surface area contributed by atoms with Crippen LogP contribution in [0.4, 0.5) is 0 Å². The molecule has 35 heavy (non-hydrogen) atoms. The fraction of sp³-hybridized carbons (Fsp3) is 0.500. The quantitative estimate of drug-likeness (QED) is 0.349. The van der Waals surface area contributed by atoms with E-state index in [4.69, 9.17) is 0 Å². The van der Waals surface area contributed by atoms with Gasteiger partial charge < -0.3 is 0 Å². The maximum absolute atomic E-state index is 13.7. The predicted octanol–water partition coefficient (Wildman–Crippen LogP) is 9.73. The Labute approximate surface area is 215 Å². The average Bonchev–Trinajstić information content (AvgIpc) is 2.90. The van der Waals surface area contributed by atoms with Crippen LogP contribution in [0.3, 0.4) is 0 Å². The maximum atomic E-state index is 13.7. The summed E-state index contributed by atoms with van der Waals surface area (Å²) in [4.78, 5) is 13.7. The third-order valence-corrected chi connectivity index (χ3v) is 7.59. The van der Waals surface area contributed by atoms with E-state index < -0.39 is 0 Å². The van der Waals surface area contributed by atoms with Crippen LogP contribution in [0.1, 0.15) is 97.3 Å². The molecule has 2 aliphatic carbocycles. The van der Waals surface area contributed by atoms with E-state index in [9.17, 15) is 4.79 Å². The van der Waals surface area contributed by atoms with E-state index in [2.05, 4.69) is 81.5 Å². The second-order valence-corrected chi connectivity index (χ2v) is 9.59. The van der Waals surface area contributed by atoms with Crippen LogP contribution in [0, 0.1) is 11.3 Å². The van der Waals surface area contributed by atoms with Gasteiger partial charge in [0.2, 0.25) is 0 Å². The lowest BCUT2D eigenvalue weighted by Gasteiger charge is -2.42. The first kappa shape index (κ1) is 28.8. The lowest BCUT2D eigenvalue weighted by Crippen LogP contribution is -2.42. The van der Waals surface area contributed by atoms with Crippen molar-refractivity contribution in [3.05, 3.63) is 83.0 Å². The maximum Gasteiger partial charge on any atom is 0.165 e. The largest absolute Gasteiger partial charge is 0.294 e. The highest BCUT2D eigenvalue weighted by Crippen LogP contribution is 2.47. The first-order valence-electron chi connectivity index (χ1n) is 14.1. The fourth-order valence-electron chi connectivity index (χ4n) is 5.30. The monoisotopic (exact) mass is 472 g/mol. The zero-order valence-corrected chi connectivity index (χ0v) is 23.4. The molecule has 4 rings (SSSR count). The summed E-state index contributed by atoms with van der Waals surface area (Å²) in [5, 5.41) is 0. The molecule has 190 valence electrons. The molecule has 1 saturated carbocycles. The van der Waals surface area contributed by atoms with Crippen LogP contribution in [-0.4, -0.2) is 5.78 Å². The van der Waals surface area contributed by atoms with Gasteiger partial charge in [0.25, 0.3) is 0 Å². The molecule has 2 aromatic rings. The molecule has 1 heteroatoms. The minimum absolute atomic E-state index is 0.300. The molecule has 0 amide bonds. The van der Waals surface area contributed by atoms with Gasteiger partial charge in [-0.05, 0) is 84.3 Å². The fourth-order valence-corrected chi connectivity index (χ4v) is 5.30. The second kappa shape index (κ2) is 14.2. The van der Waals surface area contributed by atoms with E-state index in [-0.39, 0.29) is 5.41 Å². The molecule has 1 nitrogen and oxygen atoms in total. The third-order valence-electron chi connectivity index (χ3n) is 7.59. The number of Topliss-reactive ketones (excluding diaryl/α,β-unsaturated/α-hetero) is 1. The first-order valence-corrected chi connectivity index (χ1v) is 14.1. The number of hydrogen-bond acceptors (Lipinski definition) is 1. The van der Waals surface area contributed by atoms with Crippen LogP contribution in [0.15, 0.2) is 66.3 Å². The summed E-state index contributed by atoms with van der Waals surface area (Å²) in [6.07, 6.45) is 14.7. The summed E-state index contributed by atoms with van der Waals surface area (Å²) in [6.45, 7) is 14.7. The van der Waals surface area contributed by atoms with Gasteiger partial charge in [0.1, 0.15) is 0 Å². The van der Waals surface area contributed by atoms with Crippen molar-refractivity contribution in [3.63, 3.8) is 0 Å². The Kier molecular flexibility index (Phi) is 11.7. The van der Waals surface area contributed by atoms with Crippen molar-refractivity contribution in [2.24, 2.45) is 11.3 Å². The summed E-state index contributed by atoms with van der Waals surface area (Å²) in [6, 6.07) is 15.9.